The lowest BCUT2D eigenvalue weighted by Gasteiger charge is -2.24. The quantitative estimate of drug-likeness (QED) is 0.0826. The molecule has 4 aromatic rings. The first-order valence-electron chi connectivity index (χ1n) is 14.9. The normalized spacial score (nSPS) is 14.9. The van der Waals surface area contributed by atoms with Crippen LogP contribution in [0.4, 0.5) is 9.52 Å². The number of benzene rings is 3. The Labute approximate surface area is 275 Å². The molecule has 0 spiro atoms. The van der Waals surface area contributed by atoms with E-state index >= 15 is 0 Å². The van der Waals surface area contributed by atoms with Gasteiger partial charge in [-0.1, -0.05) is 97.6 Å². The minimum absolute atomic E-state index is 0.0936. The van der Waals surface area contributed by atoms with Crippen LogP contribution in [0.15, 0.2) is 94.5 Å². The predicted octanol–water partition coefficient (Wildman–Crippen LogP) is 7.98. The smallest absolute Gasteiger partial charge is 0.296 e. The first-order chi connectivity index (χ1) is 22.3. The molecule has 0 fully saturated rings. The number of hydrogen-bond donors (Lipinski definition) is 1. The number of amides is 1. The summed E-state index contributed by atoms with van der Waals surface area (Å²) in [5.74, 6) is -0.542. The minimum atomic E-state index is -1.03. The lowest BCUT2D eigenvalue weighted by molar-refractivity contribution is -0.117. The van der Waals surface area contributed by atoms with Gasteiger partial charge >= 0.3 is 0 Å². The van der Waals surface area contributed by atoms with Crippen LogP contribution in [0.2, 0.25) is 0 Å². The molecule has 238 valence electrons. The number of aromatic nitrogens is 2. The van der Waals surface area contributed by atoms with E-state index in [4.69, 9.17) is 9.47 Å². The van der Waals surface area contributed by atoms with Crippen molar-refractivity contribution >= 4 is 46.0 Å². The van der Waals surface area contributed by atoms with Crippen LogP contribution in [0.3, 0.4) is 0 Å². The van der Waals surface area contributed by atoms with E-state index in [2.05, 4.69) is 24.0 Å². The van der Waals surface area contributed by atoms with Gasteiger partial charge in [-0.25, -0.2) is 4.39 Å². The van der Waals surface area contributed by atoms with Gasteiger partial charge in [-0.3, -0.25) is 14.5 Å². The number of aliphatic hydroxyl groups excluding tert-OH is 1. The Kier molecular flexibility index (Phi) is 10.9. The van der Waals surface area contributed by atoms with Crippen molar-refractivity contribution < 1.29 is 28.6 Å². The van der Waals surface area contributed by atoms with E-state index in [1.807, 2.05) is 37.3 Å². The summed E-state index contributed by atoms with van der Waals surface area (Å²) in [6.07, 6.45) is 3.83. The first-order valence-corrected chi connectivity index (χ1v) is 16.7. The second kappa shape index (κ2) is 15.2. The molecular formula is C35H34FN3O5S2. The van der Waals surface area contributed by atoms with Crippen LogP contribution < -0.4 is 14.4 Å². The van der Waals surface area contributed by atoms with Crippen molar-refractivity contribution in [3.05, 3.63) is 113 Å². The monoisotopic (exact) mass is 659 g/mol. The predicted molar refractivity (Wildman–Crippen MR) is 179 cm³/mol. The van der Waals surface area contributed by atoms with Gasteiger partial charge in [-0.05, 0) is 60.2 Å². The summed E-state index contributed by atoms with van der Waals surface area (Å²) >= 11 is 2.39. The first kappa shape index (κ1) is 32.9. The highest BCUT2D eigenvalue weighted by atomic mass is 32.2. The molecule has 5 rings (SSSR count). The van der Waals surface area contributed by atoms with Crippen LogP contribution in [-0.2, 0) is 15.3 Å². The standard InChI is InChI=1S/C35H34FN3O5S2/c1-4-43-29-20-24(15-17-28(29)44-19-18-22(2)3)31-30(27(40)16-14-23-10-6-5-7-11-23)32(41)33(42)39(31)34-37-38-35(46-34)45-21-25-12-8-9-13-26(25)36/h5-17,20,22,31,41H,4,18-19,21H2,1-3H3. The fourth-order valence-electron chi connectivity index (χ4n) is 4.80. The fraction of sp³-hybridized carbons (Fsp3) is 0.257. The van der Waals surface area contributed by atoms with Gasteiger partial charge < -0.3 is 14.6 Å². The van der Waals surface area contributed by atoms with Crippen LogP contribution in [0.1, 0.15) is 49.9 Å². The van der Waals surface area contributed by atoms with Crippen molar-refractivity contribution in [3.63, 3.8) is 0 Å². The fourth-order valence-corrected chi connectivity index (χ4v) is 6.65. The average Bonchev–Trinajstić information content (AvgIpc) is 3.62. The van der Waals surface area contributed by atoms with E-state index < -0.39 is 23.5 Å². The number of ether oxygens (including phenoxy) is 2. The second-order valence-corrected chi connectivity index (χ2v) is 13.0. The van der Waals surface area contributed by atoms with E-state index in [0.29, 0.717) is 51.9 Å². The summed E-state index contributed by atoms with van der Waals surface area (Å²) in [4.78, 5) is 28.6. The summed E-state index contributed by atoms with van der Waals surface area (Å²) in [6.45, 7) is 6.94. The molecule has 0 radical (unpaired) electrons. The Hall–Kier alpha value is -4.48. The molecule has 1 atom stereocenters. The molecule has 1 aliphatic rings. The zero-order chi connectivity index (χ0) is 32.6. The molecule has 0 saturated heterocycles. The molecule has 1 aromatic heterocycles. The number of rotatable bonds is 14. The highest BCUT2D eigenvalue weighted by molar-refractivity contribution is 8.00. The van der Waals surface area contributed by atoms with Crippen molar-refractivity contribution in [2.45, 2.75) is 43.3 Å². The lowest BCUT2D eigenvalue weighted by Crippen LogP contribution is -2.31. The molecule has 8 nitrogen and oxygen atoms in total. The van der Waals surface area contributed by atoms with Gasteiger partial charge in [0.2, 0.25) is 5.13 Å². The van der Waals surface area contributed by atoms with Crippen molar-refractivity contribution in [1.29, 1.82) is 0 Å². The molecule has 2 heterocycles. The number of nitrogens with zero attached hydrogens (tertiary/aromatic N) is 3. The molecule has 11 heteroatoms. The Balaban J connectivity index is 1.50. The van der Waals surface area contributed by atoms with E-state index in [-0.39, 0.29) is 16.5 Å². The third kappa shape index (κ3) is 7.66. The molecule has 0 bridgehead atoms. The maximum Gasteiger partial charge on any atom is 0.296 e. The van der Waals surface area contributed by atoms with Crippen molar-refractivity contribution in [1.82, 2.24) is 10.2 Å². The molecule has 46 heavy (non-hydrogen) atoms. The molecule has 1 aliphatic heterocycles. The lowest BCUT2D eigenvalue weighted by atomic mass is 9.95. The highest BCUT2D eigenvalue weighted by Crippen LogP contribution is 2.45. The SMILES string of the molecule is CCOc1cc(C2C(C(=O)C=Cc3ccccc3)=C(O)C(=O)N2c2nnc(SCc3ccccc3F)s2)ccc1OCCC(C)C. The molecule has 1 amide bonds. The number of thioether (sulfide) groups is 1. The van der Waals surface area contributed by atoms with E-state index in [1.54, 1.807) is 42.5 Å². The van der Waals surface area contributed by atoms with Gasteiger partial charge in [-0.2, -0.15) is 0 Å². The van der Waals surface area contributed by atoms with Crippen LogP contribution in [0.25, 0.3) is 6.08 Å². The average molecular weight is 660 g/mol. The Morgan fingerprint density at radius 2 is 1.83 bits per heavy atom. The molecule has 1 unspecified atom stereocenters. The van der Waals surface area contributed by atoms with Crippen LogP contribution in [0.5, 0.6) is 11.5 Å². The van der Waals surface area contributed by atoms with Gasteiger partial charge in [0.05, 0.1) is 24.8 Å². The van der Waals surface area contributed by atoms with Crippen molar-refractivity contribution in [2.75, 3.05) is 18.1 Å². The largest absolute Gasteiger partial charge is 0.503 e. The minimum Gasteiger partial charge on any atom is -0.503 e. The number of aliphatic hydroxyl groups is 1. The Morgan fingerprint density at radius 1 is 1.07 bits per heavy atom. The van der Waals surface area contributed by atoms with E-state index in [1.165, 1.54) is 28.8 Å². The van der Waals surface area contributed by atoms with Gasteiger partial charge in [-0.15, -0.1) is 10.2 Å². The van der Waals surface area contributed by atoms with Crippen LogP contribution in [0, 0.1) is 11.7 Å². The summed E-state index contributed by atoms with van der Waals surface area (Å²) in [5.41, 5.74) is 1.72. The second-order valence-electron chi connectivity index (χ2n) is 10.8. The molecular weight excluding hydrogens is 626 g/mol. The molecule has 3 aromatic carbocycles. The topological polar surface area (TPSA) is 102 Å². The number of carbonyl (C=O) groups is 2. The van der Waals surface area contributed by atoms with Crippen LogP contribution >= 0.6 is 23.1 Å². The summed E-state index contributed by atoms with van der Waals surface area (Å²) in [5, 5.41) is 19.8. The Bertz CT molecular complexity index is 1760. The number of allylic oxidation sites excluding steroid dienone is 1. The zero-order valence-corrected chi connectivity index (χ0v) is 27.3. The van der Waals surface area contributed by atoms with Crippen molar-refractivity contribution in [2.24, 2.45) is 5.92 Å². The molecule has 0 aliphatic carbocycles. The van der Waals surface area contributed by atoms with E-state index in [0.717, 1.165) is 23.3 Å². The van der Waals surface area contributed by atoms with Gasteiger partial charge in [0, 0.05) is 5.75 Å². The summed E-state index contributed by atoms with van der Waals surface area (Å²) in [6, 6.07) is 19.9. The number of hydrogen-bond acceptors (Lipinski definition) is 9. The van der Waals surface area contributed by atoms with Gasteiger partial charge in [0.1, 0.15) is 5.82 Å². The van der Waals surface area contributed by atoms with Gasteiger partial charge in [0.25, 0.3) is 5.91 Å². The van der Waals surface area contributed by atoms with Gasteiger partial charge in [0.15, 0.2) is 27.4 Å². The highest BCUT2D eigenvalue weighted by Gasteiger charge is 2.45. The number of halogens is 1. The Morgan fingerprint density at radius 3 is 2.57 bits per heavy atom. The summed E-state index contributed by atoms with van der Waals surface area (Å²) in [7, 11) is 0. The van der Waals surface area contributed by atoms with Crippen LogP contribution in [-0.4, -0.2) is 40.2 Å². The number of ketones is 1. The number of carbonyl (C=O) groups excluding carboxylic acids is 2. The number of anilines is 1. The maximum absolute atomic E-state index is 14.2. The third-order valence-corrected chi connectivity index (χ3v) is 9.25. The maximum atomic E-state index is 14.2. The zero-order valence-electron chi connectivity index (χ0n) is 25.7. The summed E-state index contributed by atoms with van der Waals surface area (Å²) < 4.78 is 26.6. The van der Waals surface area contributed by atoms with E-state index in [9.17, 15) is 19.1 Å². The molecule has 0 saturated carbocycles. The third-order valence-electron chi connectivity index (χ3n) is 7.15. The molecule has 1 N–H and O–H groups in total. The van der Waals surface area contributed by atoms with Crippen molar-refractivity contribution in [3.8, 4) is 11.5 Å².